The molecule has 0 atom stereocenters. The third-order valence-corrected chi connectivity index (χ3v) is 3.59. The fourth-order valence-electron chi connectivity index (χ4n) is 2.68. The molecule has 0 fully saturated rings. The molecule has 3 nitrogen and oxygen atoms in total. The third kappa shape index (κ3) is 1.57. The minimum atomic E-state index is 0.748. The van der Waals surface area contributed by atoms with Crippen LogP contribution in [-0.2, 0) is 0 Å². The summed E-state index contributed by atoms with van der Waals surface area (Å²) in [4.78, 5) is 7.99. The van der Waals surface area contributed by atoms with E-state index in [0.29, 0.717) is 0 Å². The van der Waals surface area contributed by atoms with Crippen molar-refractivity contribution in [1.82, 2.24) is 9.97 Å². The summed E-state index contributed by atoms with van der Waals surface area (Å²) in [5.41, 5.74) is 10.8. The smallest absolute Gasteiger partial charge is 0.0943 e. The number of aromatic amines is 1. The van der Waals surface area contributed by atoms with E-state index in [4.69, 9.17) is 5.73 Å². The summed E-state index contributed by atoms with van der Waals surface area (Å²) in [5, 5.41) is 2.41. The normalized spacial score (nSPS) is 11.2. The van der Waals surface area contributed by atoms with Gasteiger partial charge in [-0.15, -0.1) is 0 Å². The number of rotatable bonds is 1. The largest absolute Gasteiger partial charge is 0.399 e. The molecule has 2 aromatic heterocycles. The number of nitrogens with zero attached hydrogens (tertiary/aromatic N) is 1. The molecular formula is C17H13N3. The molecule has 0 bridgehead atoms. The molecule has 0 aliphatic heterocycles. The Bertz CT molecular complexity index is 922. The topological polar surface area (TPSA) is 54.7 Å². The van der Waals surface area contributed by atoms with Gasteiger partial charge >= 0.3 is 0 Å². The van der Waals surface area contributed by atoms with Gasteiger partial charge in [-0.05, 0) is 24.3 Å². The lowest BCUT2D eigenvalue weighted by molar-refractivity contribution is 1.34. The molecular weight excluding hydrogens is 246 g/mol. The van der Waals surface area contributed by atoms with Crippen LogP contribution in [0.25, 0.3) is 33.1 Å². The van der Waals surface area contributed by atoms with Gasteiger partial charge < -0.3 is 10.7 Å². The number of nitrogen functional groups attached to an aromatic ring is 1. The summed E-state index contributed by atoms with van der Waals surface area (Å²) in [5.74, 6) is 0. The van der Waals surface area contributed by atoms with Crippen LogP contribution in [0.1, 0.15) is 0 Å². The number of fused-ring (bicyclic) bond motifs is 3. The molecule has 0 unspecified atom stereocenters. The molecule has 4 aromatic rings. The van der Waals surface area contributed by atoms with Crippen molar-refractivity contribution in [2.45, 2.75) is 0 Å². The van der Waals surface area contributed by atoms with Crippen LogP contribution in [0.4, 0.5) is 5.69 Å². The van der Waals surface area contributed by atoms with Crippen molar-refractivity contribution in [2.75, 3.05) is 5.73 Å². The van der Waals surface area contributed by atoms with Gasteiger partial charge in [-0.25, -0.2) is 0 Å². The number of nitrogens with two attached hydrogens (primary N) is 1. The van der Waals surface area contributed by atoms with Crippen LogP contribution in [0.5, 0.6) is 0 Å². The lowest BCUT2D eigenvalue weighted by Gasteiger charge is -2.03. The molecule has 0 saturated heterocycles. The van der Waals surface area contributed by atoms with Crippen molar-refractivity contribution in [2.24, 2.45) is 0 Å². The van der Waals surface area contributed by atoms with Crippen LogP contribution >= 0.6 is 0 Å². The van der Waals surface area contributed by atoms with Gasteiger partial charge in [0.15, 0.2) is 0 Å². The SMILES string of the molecule is Nc1cccc(-c2nccc3c2[nH]c2ccccc23)c1. The van der Waals surface area contributed by atoms with Gasteiger partial charge in [0.1, 0.15) is 0 Å². The Balaban J connectivity index is 2.10. The van der Waals surface area contributed by atoms with Crippen molar-refractivity contribution >= 4 is 27.5 Å². The Hall–Kier alpha value is -2.81. The second-order valence-corrected chi connectivity index (χ2v) is 4.88. The second kappa shape index (κ2) is 4.10. The van der Waals surface area contributed by atoms with Crippen molar-refractivity contribution in [3.05, 3.63) is 60.8 Å². The molecule has 0 amide bonds. The molecule has 3 N–H and O–H groups in total. The second-order valence-electron chi connectivity index (χ2n) is 4.88. The van der Waals surface area contributed by atoms with E-state index in [9.17, 15) is 0 Å². The first-order valence-corrected chi connectivity index (χ1v) is 6.54. The minimum absolute atomic E-state index is 0.748. The molecule has 2 aromatic carbocycles. The zero-order valence-electron chi connectivity index (χ0n) is 10.8. The Labute approximate surface area is 116 Å². The molecule has 0 spiro atoms. The standard InChI is InChI=1S/C17H13N3/c18-12-5-3-4-11(10-12)16-17-14(8-9-19-16)13-6-1-2-7-15(13)20-17/h1-10,20H,18H2. The number of hydrogen-bond acceptors (Lipinski definition) is 2. The molecule has 0 radical (unpaired) electrons. The number of nitrogens with one attached hydrogen (secondary N) is 1. The van der Waals surface area contributed by atoms with Crippen LogP contribution in [0.15, 0.2) is 60.8 Å². The molecule has 0 aliphatic rings. The molecule has 96 valence electrons. The predicted molar refractivity (Wildman–Crippen MR) is 83.4 cm³/mol. The highest BCUT2D eigenvalue weighted by Crippen LogP contribution is 2.31. The van der Waals surface area contributed by atoms with Gasteiger partial charge in [0.05, 0.1) is 11.2 Å². The maximum atomic E-state index is 5.88. The monoisotopic (exact) mass is 259 g/mol. The van der Waals surface area contributed by atoms with Gasteiger partial charge in [-0.1, -0.05) is 30.3 Å². The summed E-state index contributed by atoms with van der Waals surface area (Å²) in [7, 11) is 0. The Morgan fingerprint density at radius 2 is 1.80 bits per heavy atom. The molecule has 3 heteroatoms. The fourth-order valence-corrected chi connectivity index (χ4v) is 2.68. The van der Waals surface area contributed by atoms with E-state index in [1.54, 1.807) is 0 Å². The lowest BCUT2D eigenvalue weighted by Crippen LogP contribution is -1.88. The number of pyridine rings is 1. The van der Waals surface area contributed by atoms with Crippen molar-refractivity contribution in [1.29, 1.82) is 0 Å². The molecule has 0 saturated carbocycles. The van der Waals surface area contributed by atoms with E-state index < -0.39 is 0 Å². The molecule has 20 heavy (non-hydrogen) atoms. The first-order chi connectivity index (χ1) is 9.83. The number of H-pyrrole nitrogens is 1. The van der Waals surface area contributed by atoms with Crippen molar-refractivity contribution < 1.29 is 0 Å². The van der Waals surface area contributed by atoms with E-state index in [0.717, 1.165) is 28.0 Å². The van der Waals surface area contributed by atoms with Crippen LogP contribution in [0.3, 0.4) is 0 Å². The van der Waals surface area contributed by atoms with Crippen LogP contribution < -0.4 is 5.73 Å². The van der Waals surface area contributed by atoms with E-state index in [1.807, 2.05) is 42.6 Å². The van der Waals surface area contributed by atoms with Gasteiger partial charge in [0, 0.05) is 33.7 Å². The van der Waals surface area contributed by atoms with Gasteiger partial charge in [-0.2, -0.15) is 0 Å². The highest BCUT2D eigenvalue weighted by Gasteiger charge is 2.10. The van der Waals surface area contributed by atoms with Gasteiger partial charge in [-0.3, -0.25) is 4.98 Å². The number of benzene rings is 2. The Kier molecular flexibility index (Phi) is 2.27. The average molecular weight is 259 g/mol. The van der Waals surface area contributed by atoms with E-state index in [-0.39, 0.29) is 0 Å². The highest BCUT2D eigenvalue weighted by molar-refractivity contribution is 6.10. The van der Waals surface area contributed by atoms with Crippen molar-refractivity contribution in [3.8, 4) is 11.3 Å². The maximum absolute atomic E-state index is 5.88. The first-order valence-electron chi connectivity index (χ1n) is 6.54. The summed E-state index contributed by atoms with van der Waals surface area (Å²) < 4.78 is 0. The number of anilines is 1. The highest BCUT2D eigenvalue weighted by atomic mass is 14.8. The number of hydrogen-bond donors (Lipinski definition) is 2. The predicted octanol–water partition coefficient (Wildman–Crippen LogP) is 3.97. The maximum Gasteiger partial charge on any atom is 0.0943 e. The minimum Gasteiger partial charge on any atom is -0.399 e. The molecule has 2 heterocycles. The van der Waals surface area contributed by atoms with Gasteiger partial charge in [0.25, 0.3) is 0 Å². The molecule has 4 rings (SSSR count). The van der Waals surface area contributed by atoms with Crippen LogP contribution in [0.2, 0.25) is 0 Å². The molecule has 0 aliphatic carbocycles. The summed E-state index contributed by atoms with van der Waals surface area (Å²) in [6.07, 6.45) is 1.85. The van der Waals surface area contributed by atoms with Crippen molar-refractivity contribution in [3.63, 3.8) is 0 Å². The first kappa shape index (κ1) is 11.1. The van der Waals surface area contributed by atoms with Crippen LogP contribution in [0, 0.1) is 0 Å². The van der Waals surface area contributed by atoms with E-state index in [1.165, 1.54) is 10.8 Å². The van der Waals surface area contributed by atoms with Crippen LogP contribution in [-0.4, -0.2) is 9.97 Å². The average Bonchev–Trinajstić information content (AvgIpc) is 2.86. The fraction of sp³-hybridized carbons (Fsp3) is 0. The number of para-hydroxylation sites is 1. The summed E-state index contributed by atoms with van der Waals surface area (Å²) in [6.45, 7) is 0. The Morgan fingerprint density at radius 1 is 0.900 bits per heavy atom. The Morgan fingerprint density at radius 3 is 2.70 bits per heavy atom. The summed E-state index contributed by atoms with van der Waals surface area (Å²) >= 11 is 0. The number of aromatic nitrogens is 2. The van der Waals surface area contributed by atoms with E-state index in [2.05, 4.69) is 28.2 Å². The van der Waals surface area contributed by atoms with Gasteiger partial charge in [0.2, 0.25) is 0 Å². The lowest BCUT2D eigenvalue weighted by atomic mass is 10.1. The summed E-state index contributed by atoms with van der Waals surface area (Å²) in [6, 6.07) is 18.2. The quantitative estimate of drug-likeness (QED) is 0.508. The van der Waals surface area contributed by atoms with E-state index >= 15 is 0 Å². The zero-order valence-corrected chi connectivity index (χ0v) is 10.8. The zero-order chi connectivity index (χ0) is 13.5. The third-order valence-electron chi connectivity index (χ3n) is 3.59.